The third kappa shape index (κ3) is 6.09. The van der Waals surface area contributed by atoms with Crippen LogP contribution in [0.4, 0.5) is 11.4 Å². The minimum Gasteiger partial charge on any atom is -0.494 e. The summed E-state index contributed by atoms with van der Waals surface area (Å²) in [6.07, 6.45) is 0.701. The van der Waals surface area contributed by atoms with Gasteiger partial charge < -0.3 is 24.5 Å². The molecule has 8 nitrogen and oxygen atoms in total. The summed E-state index contributed by atoms with van der Waals surface area (Å²) in [4.78, 5) is 36.6. The van der Waals surface area contributed by atoms with Crippen molar-refractivity contribution in [3.8, 4) is 11.5 Å². The SMILES string of the molecule is CCOc1ccc(NC(=O)c2ccc(NC(=O)COc3ccc4c(CC)cc(=O)oc4c3)cc2)cc1. The van der Waals surface area contributed by atoms with E-state index in [1.807, 2.05) is 13.8 Å². The second kappa shape index (κ2) is 11.2. The molecule has 0 atom stereocenters. The van der Waals surface area contributed by atoms with Crippen LogP contribution in [0.25, 0.3) is 11.0 Å². The number of carbonyl (C=O) groups excluding carboxylic acids is 2. The number of aryl methyl sites for hydroxylation is 1. The molecular formula is C28H26N2O6. The predicted octanol–water partition coefficient (Wildman–Crippen LogP) is 5.02. The van der Waals surface area contributed by atoms with Gasteiger partial charge in [-0.15, -0.1) is 0 Å². The molecule has 8 heteroatoms. The summed E-state index contributed by atoms with van der Waals surface area (Å²) in [6, 6.07) is 20.2. The van der Waals surface area contributed by atoms with Crippen LogP contribution in [-0.4, -0.2) is 25.0 Å². The van der Waals surface area contributed by atoms with Crippen molar-refractivity contribution in [2.24, 2.45) is 0 Å². The van der Waals surface area contributed by atoms with Gasteiger partial charge in [0.15, 0.2) is 6.61 Å². The molecule has 0 saturated heterocycles. The number of carbonyl (C=O) groups is 2. The van der Waals surface area contributed by atoms with E-state index in [0.29, 0.717) is 41.3 Å². The van der Waals surface area contributed by atoms with Gasteiger partial charge in [0, 0.05) is 34.5 Å². The van der Waals surface area contributed by atoms with E-state index in [1.165, 1.54) is 6.07 Å². The lowest BCUT2D eigenvalue weighted by Gasteiger charge is -2.10. The van der Waals surface area contributed by atoms with Crippen molar-refractivity contribution in [1.82, 2.24) is 0 Å². The van der Waals surface area contributed by atoms with E-state index in [2.05, 4.69) is 10.6 Å². The number of fused-ring (bicyclic) bond motifs is 1. The monoisotopic (exact) mass is 486 g/mol. The number of benzene rings is 3. The first-order valence-corrected chi connectivity index (χ1v) is 11.6. The minimum absolute atomic E-state index is 0.233. The Hall–Kier alpha value is -4.59. The number of hydrogen-bond acceptors (Lipinski definition) is 6. The summed E-state index contributed by atoms with van der Waals surface area (Å²) in [7, 11) is 0. The average Bonchev–Trinajstić information content (AvgIpc) is 2.88. The molecule has 0 fully saturated rings. The van der Waals surface area contributed by atoms with Crippen molar-refractivity contribution in [2.45, 2.75) is 20.3 Å². The van der Waals surface area contributed by atoms with E-state index in [0.717, 1.165) is 16.7 Å². The third-order valence-electron chi connectivity index (χ3n) is 5.41. The fourth-order valence-corrected chi connectivity index (χ4v) is 3.65. The lowest BCUT2D eigenvalue weighted by atomic mass is 10.1. The van der Waals surface area contributed by atoms with Gasteiger partial charge in [-0.3, -0.25) is 9.59 Å². The second-order valence-corrected chi connectivity index (χ2v) is 7.93. The van der Waals surface area contributed by atoms with Gasteiger partial charge in [0.2, 0.25) is 0 Å². The molecule has 0 aliphatic carbocycles. The molecule has 0 radical (unpaired) electrons. The lowest BCUT2D eigenvalue weighted by molar-refractivity contribution is -0.118. The zero-order valence-corrected chi connectivity index (χ0v) is 20.0. The number of rotatable bonds is 9. The lowest BCUT2D eigenvalue weighted by Crippen LogP contribution is -2.20. The smallest absolute Gasteiger partial charge is 0.336 e. The molecule has 0 unspecified atom stereocenters. The molecule has 1 aromatic heterocycles. The number of anilines is 2. The van der Waals surface area contributed by atoms with Crippen LogP contribution in [0.1, 0.15) is 29.8 Å². The molecule has 36 heavy (non-hydrogen) atoms. The van der Waals surface area contributed by atoms with Gasteiger partial charge >= 0.3 is 5.63 Å². The van der Waals surface area contributed by atoms with Crippen LogP contribution in [0.5, 0.6) is 11.5 Å². The zero-order chi connectivity index (χ0) is 25.5. The van der Waals surface area contributed by atoms with Crippen LogP contribution in [0.2, 0.25) is 0 Å². The summed E-state index contributed by atoms with van der Waals surface area (Å²) in [6.45, 7) is 4.21. The number of ether oxygens (including phenoxy) is 2. The Morgan fingerprint density at radius 3 is 2.17 bits per heavy atom. The average molecular weight is 487 g/mol. The van der Waals surface area contributed by atoms with E-state index < -0.39 is 5.63 Å². The normalized spacial score (nSPS) is 10.6. The minimum atomic E-state index is -0.425. The van der Waals surface area contributed by atoms with E-state index in [9.17, 15) is 14.4 Å². The van der Waals surface area contributed by atoms with Crippen LogP contribution in [0, 0.1) is 0 Å². The van der Waals surface area contributed by atoms with Crippen molar-refractivity contribution >= 4 is 34.2 Å². The molecule has 0 aliphatic rings. The molecule has 0 bridgehead atoms. The van der Waals surface area contributed by atoms with Gasteiger partial charge in [0.25, 0.3) is 11.8 Å². The molecule has 3 aromatic carbocycles. The number of hydrogen-bond donors (Lipinski definition) is 2. The van der Waals surface area contributed by atoms with E-state index >= 15 is 0 Å². The highest BCUT2D eigenvalue weighted by Gasteiger charge is 2.10. The molecule has 2 amide bonds. The molecule has 0 saturated carbocycles. The zero-order valence-electron chi connectivity index (χ0n) is 20.0. The Labute approximate surface area is 207 Å². The second-order valence-electron chi connectivity index (χ2n) is 7.93. The van der Waals surface area contributed by atoms with Crippen LogP contribution >= 0.6 is 0 Å². The van der Waals surface area contributed by atoms with Crippen molar-refractivity contribution in [2.75, 3.05) is 23.8 Å². The third-order valence-corrected chi connectivity index (χ3v) is 5.41. The predicted molar refractivity (Wildman–Crippen MR) is 138 cm³/mol. The van der Waals surface area contributed by atoms with Crippen molar-refractivity contribution < 1.29 is 23.5 Å². The number of amides is 2. The first-order chi connectivity index (χ1) is 17.4. The van der Waals surface area contributed by atoms with Crippen LogP contribution in [0.15, 0.2) is 82.0 Å². The standard InChI is InChI=1S/C28H26N2O6/c1-3-18-15-27(32)36-25-16-23(13-14-24(18)25)35-17-26(31)29-20-7-5-19(6-8-20)28(33)30-21-9-11-22(12-10-21)34-4-2/h5-16H,3-4,17H2,1-2H3,(H,29,31)(H,30,33). The highest BCUT2D eigenvalue weighted by molar-refractivity contribution is 6.04. The van der Waals surface area contributed by atoms with E-state index in [-0.39, 0.29) is 18.4 Å². The molecule has 0 spiro atoms. The van der Waals surface area contributed by atoms with Crippen molar-refractivity contribution in [3.63, 3.8) is 0 Å². The Kier molecular flexibility index (Phi) is 7.65. The molecule has 2 N–H and O–H groups in total. The fraction of sp³-hybridized carbons (Fsp3) is 0.179. The van der Waals surface area contributed by atoms with Crippen molar-refractivity contribution in [3.05, 3.63) is 94.3 Å². The van der Waals surface area contributed by atoms with Crippen LogP contribution in [0.3, 0.4) is 0 Å². The van der Waals surface area contributed by atoms with Gasteiger partial charge in [-0.2, -0.15) is 0 Å². The van der Waals surface area contributed by atoms with Crippen LogP contribution in [-0.2, 0) is 11.2 Å². The summed E-state index contributed by atoms with van der Waals surface area (Å²) in [5, 5.41) is 6.38. The fourth-order valence-electron chi connectivity index (χ4n) is 3.65. The van der Waals surface area contributed by atoms with Crippen LogP contribution < -0.4 is 25.7 Å². The largest absolute Gasteiger partial charge is 0.494 e. The molecule has 184 valence electrons. The summed E-state index contributed by atoms with van der Waals surface area (Å²) >= 11 is 0. The van der Waals surface area contributed by atoms with Gasteiger partial charge in [0.1, 0.15) is 17.1 Å². The maximum Gasteiger partial charge on any atom is 0.336 e. The molecule has 4 aromatic rings. The van der Waals surface area contributed by atoms with Gasteiger partial charge in [-0.05, 0) is 79.6 Å². The van der Waals surface area contributed by atoms with Crippen molar-refractivity contribution in [1.29, 1.82) is 0 Å². The Bertz CT molecular complexity index is 1430. The Balaban J connectivity index is 1.31. The first-order valence-electron chi connectivity index (χ1n) is 11.6. The Morgan fingerprint density at radius 1 is 0.806 bits per heavy atom. The summed E-state index contributed by atoms with van der Waals surface area (Å²) in [5.74, 6) is 0.507. The quantitative estimate of drug-likeness (QED) is 0.322. The molecular weight excluding hydrogens is 460 g/mol. The summed E-state index contributed by atoms with van der Waals surface area (Å²) in [5.41, 5.74) is 2.50. The Morgan fingerprint density at radius 2 is 1.47 bits per heavy atom. The maximum absolute atomic E-state index is 12.5. The number of nitrogens with one attached hydrogen (secondary N) is 2. The summed E-state index contributed by atoms with van der Waals surface area (Å²) < 4.78 is 16.2. The molecule has 4 rings (SSSR count). The highest BCUT2D eigenvalue weighted by atomic mass is 16.5. The molecule has 1 heterocycles. The first kappa shape index (κ1) is 24.5. The highest BCUT2D eigenvalue weighted by Crippen LogP contribution is 2.23. The topological polar surface area (TPSA) is 107 Å². The van der Waals surface area contributed by atoms with Gasteiger partial charge in [-0.1, -0.05) is 6.92 Å². The molecule has 0 aliphatic heterocycles. The van der Waals surface area contributed by atoms with Gasteiger partial charge in [-0.25, -0.2) is 4.79 Å². The van der Waals surface area contributed by atoms with E-state index in [1.54, 1.807) is 66.7 Å². The van der Waals surface area contributed by atoms with Gasteiger partial charge in [0.05, 0.1) is 6.61 Å². The maximum atomic E-state index is 12.5. The van der Waals surface area contributed by atoms with E-state index in [4.69, 9.17) is 13.9 Å².